The van der Waals surface area contributed by atoms with E-state index in [9.17, 15) is 10.1 Å². The fraction of sp³-hybridized carbons (Fsp3) is 0.261. The quantitative estimate of drug-likeness (QED) is 0.295. The Morgan fingerprint density at radius 2 is 1.69 bits per heavy atom. The molecule has 0 unspecified atom stereocenters. The van der Waals surface area contributed by atoms with E-state index >= 15 is 0 Å². The van der Waals surface area contributed by atoms with Crippen molar-refractivity contribution >= 4 is 35.0 Å². The van der Waals surface area contributed by atoms with Gasteiger partial charge in [0, 0.05) is 31.5 Å². The largest absolute Gasteiger partial charge is 0.372 e. The highest BCUT2D eigenvalue weighted by Gasteiger charge is 2.25. The number of nitrogens with one attached hydrogen (secondary N) is 1. The predicted octanol–water partition coefficient (Wildman–Crippen LogP) is 4.75. The second kappa shape index (κ2) is 10.3. The highest BCUT2D eigenvalue weighted by Crippen LogP contribution is 2.33. The van der Waals surface area contributed by atoms with Crippen LogP contribution in [-0.4, -0.2) is 41.2 Å². The monoisotopic (exact) mass is 433 g/mol. The zero-order valence-electron chi connectivity index (χ0n) is 18.7. The fourth-order valence-corrected chi connectivity index (χ4v) is 3.35. The topological polar surface area (TPSA) is 99.8 Å². The predicted molar refractivity (Wildman–Crippen MR) is 129 cm³/mol. The molecule has 0 saturated carbocycles. The van der Waals surface area contributed by atoms with Gasteiger partial charge in [-0.15, -0.1) is 0 Å². The minimum Gasteiger partial charge on any atom is -0.372 e. The zero-order valence-corrected chi connectivity index (χ0v) is 18.7. The number of aromatic nitrogens is 2. The molecule has 0 fully saturated rings. The minimum atomic E-state index is -0.464. The number of nitro groups is 1. The molecule has 3 rings (SSSR count). The first kappa shape index (κ1) is 22.7. The van der Waals surface area contributed by atoms with Gasteiger partial charge in [-0.3, -0.25) is 10.1 Å². The Morgan fingerprint density at radius 1 is 1.03 bits per heavy atom. The molecule has 9 heteroatoms. The lowest BCUT2D eigenvalue weighted by molar-refractivity contribution is -0.385. The maximum absolute atomic E-state index is 11.7. The Kier molecular flexibility index (Phi) is 7.33. The molecule has 1 heterocycles. The van der Waals surface area contributed by atoms with Crippen LogP contribution in [0.15, 0.2) is 59.7 Å². The molecular weight excluding hydrogens is 406 g/mol. The van der Waals surface area contributed by atoms with E-state index in [2.05, 4.69) is 39.2 Å². The van der Waals surface area contributed by atoms with Crippen molar-refractivity contribution in [3.8, 4) is 0 Å². The molecule has 0 amide bonds. The minimum absolute atomic E-state index is 0.141. The van der Waals surface area contributed by atoms with E-state index in [0.717, 1.165) is 30.0 Å². The molecule has 0 spiro atoms. The number of hydrogen-bond donors (Lipinski definition) is 1. The highest BCUT2D eigenvalue weighted by atomic mass is 16.6. The van der Waals surface area contributed by atoms with Crippen LogP contribution < -0.4 is 15.2 Å². The van der Waals surface area contributed by atoms with Gasteiger partial charge in [0.05, 0.1) is 11.1 Å². The van der Waals surface area contributed by atoms with Crippen LogP contribution in [0.25, 0.3) is 0 Å². The summed E-state index contributed by atoms with van der Waals surface area (Å²) in [5, 5.41) is 15.9. The number of aryl methyl sites for hydroxylation is 1. The standard InChI is InChI=1S/C23H27N7O2/c1-5-29(6-2)20-14-12-18(13-15-20)16-24-27-23-25-17(3)21(30(31)32)22(26-23)28(4)19-10-8-7-9-11-19/h7-16H,5-6H2,1-4H3,(H,25,26,27)/b24-16-. The van der Waals surface area contributed by atoms with Crippen molar-refractivity contribution in [3.05, 3.63) is 76.0 Å². The molecule has 0 aliphatic carbocycles. The van der Waals surface area contributed by atoms with Crippen molar-refractivity contribution < 1.29 is 4.92 Å². The van der Waals surface area contributed by atoms with E-state index in [1.165, 1.54) is 0 Å². The number of benzene rings is 2. The lowest BCUT2D eigenvalue weighted by atomic mass is 10.2. The van der Waals surface area contributed by atoms with Gasteiger partial charge in [-0.2, -0.15) is 10.1 Å². The lowest BCUT2D eigenvalue weighted by Crippen LogP contribution is -2.21. The van der Waals surface area contributed by atoms with Crippen LogP contribution >= 0.6 is 0 Å². The summed E-state index contributed by atoms with van der Waals surface area (Å²) in [6.07, 6.45) is 1.66. The van der Waals surface area contributed by atoms with Gasteiger partial charge in [0.25, 0.3) is 0 Å². The third-order valence-electron chi connectivity index (χ3n) is 5.08. The van der Waals surface area contributed by atoms with Gasteiger partial charge < -0.3 is 9.80 Å². The van der Waals surface area contributed by atoms with E-state index in [-0.39, 0.29) is 23.1 Å². The number of nitrogens with zero attached hydrogens (tertiary/aromatic N) is 6. The number of hydrogen-bond acceptors (Lipinski definition) is 8. The third-order valence-corrected chi connectivity index (χ3v) is 5.08. The van der Waals surface area contributed by atoms with Crippen molar-refractivity contribution in [2.45, 2.75) is 20.8 Å². The first-order valence-corrected chi connectivity index (χ1v) is 10.4. The van der Waals surface area contributed by atoms with Gasteiger partial charge in [0.15, 0.2) is 0 Å². The van der Waals surface area contributed by atoms with E-state index in [0.29, 0.717) is 0 Å². The van der Waals surface area contributed by atoms with Gasteiger partial charge in [-0.1, -0.05) is 30.3 Å². The average molecular weight is 434 g/mol. The van der Waals surface area contributed by atoms with E-state index in [1.807, 2.05) is 54.6 Å². The summed E-state index contributed by atoms with van der Waals surface area (Å²) in [6, 6.07) is 17.4. The first-order chi connectivity index (χ1) is 15.4. The molecule has 3 aromatic rings. The van der Waals surface area contributed by atoms with Crippen LogP contribution in [0.3, 0.4) is 0 Å². The molecule has 1 N–H and O–H groups in total. The Hall–Kier alpha value is -4.01. The summed E-state index contributed by atoms with van der Waals surface area (Å²) in [5.41, 5.74) is 5.75. The normalized spacial score (nSPS) is 10.9. The summed E-state index contributed by atoms with van der Waals surface area (Å²) in [5.74, 6) is 0.372. The maximum atomic E-state index is 11.7. The summed E-state index contributed by atoms with van der Waals surface area (Å²) in [4.78, 5) is 23.7. The molecule has 9 nitrogen and oxygen atoms in total. The van der Waals surface area contributed by atoms with Crippen LogP contribution in [0.4, 0.5) is 28.8 Å². The van der Waals surface area contributed by atoms with Crippen LogP contribution in [0.2, 0.25) is 0 Å². The molecule has 0 aliphatic rings. The SMILES string of the molecule is CCN(CC)c1ccc(/C=N\Nc2nc(C)c([N+](=O)[O-])c(N(C)c3ccccc3)n2)cc1. The molecule has 0 saturated heterocycles. The molecule has 2 aromatic carbocycles. The van der Waals surface area contributed by atoms with E-state index in [1.54, 1.807) is 25.1 Å². The number of anilines is 4. The van der Waals surface area contributed by atoms with Gasteiger partial charge in [-0.05, 0) is 50.6 Å². The maximum Gasteiger partial charge on any atom is 0.333 e. The second-order valence-corrected chi connectivity index (χ2v) is 7.09. The molecular formula is C23H27N7O2. The number of para-hydroxylation sites is 1. The van der Waals surface area contributed by atoms with Crippen molar-refractivity contribution in [1.29, 1.82) is 0 Å². The molecule has 32 heavy (non-hydrogen) atoms. The van der Waals surface area contributed by atoms with Gasteiger partial charge in [0.2, 0.25) is 11.8 Å². The van der Waals surface area contributed by atoms with Gasteiger partial charge in [0.1, 0.15) is 5.69 Å². The van der Waals surface area contributed by atoms with Gasteiger partial charge in [-0.25, -0.2) is 10.4 Å². The fourth-order valence-electron chi connectivity index (χ4n) is 3.35. The summed E-state index contributed by atoms with van der Waals surface area (Å²) in [6.45, 7) is 7.73. The van der Waals surface area contributed by atoms with Crippen molar-refractivity contribution in [1.82, 2.24) is 9.97 Å². The van der Waals surface area contributed by atoms with Crippen LogP contribution in [-0.2, 0) is 0 Å². The summed E-state index contributed by atoms with van der Waals surface area (Å²) >= 11 is 0. The van der Waals surface area contributed by atoms with Crippen molar-refractivity contribution in [2.24, 2.45) is 5.10 Å². The Labute approximate surface area is 187 Å². The summed E-state index contributed by atoms with van der Waals surface area (Å²) < 4.78 is 0. The third kappa shape index (κ3) is 5.18. The Morgan fingerprint density at radius 3 is 2.28 bits per heavy atom. The first-order valence-electron chi connectivity index (χ1n) is 10.4. The smallest absolute Gasteiger partial charge is 0.333 e. The second-order valence-electron chi connectivity index (χ2n) is 7.09. The molecule has 0 bridgehead atoms. The van der Waals surface area contributed by atoms with Crippen LogP contribution in [0.1, 0.15) is 25.1 Å². The Bertz CT molecular complexity index is 1080. The zero-order chi connectivity index (χ0) is 23.1. The number of hydrazone groups is 1. The average Bonchev–Trinajstić information content (AvgIpc) is 2.80. The molecule has 0 radical (unpaired) electrons. The van der Waals surface area contributed by atoms with Crippen molar-refractivity contribution in [3.63, 3.8) is 0 Å². The van der Waals surface area contributed by atoms with E-state index in [4.69, 9.17) is 0 Å². The lowest BCUT2D eigenvalue weighted by Gasteiger charge is -2.20. The van der Waals surface area contributed by atoms with E-state index < -0.39 is 4.92 Å². The Balaban J connectivity index is 1.83. The molecule has 1 aromatic heterocycles. The van der Waals surface area contributed by atoms with Crippen molar-refractivity contribution in [2.75, 3.05) is 35.4 Å². The summed E-state index contributed by atoms with van der Waals surface area (Å²) in [7, 11) is 1.73. The molecule has 0 atom stereocenters. The van der Waals surface area contributed by atoms with Crippen LogP contribution in [0.5, 0.6) is 0 Å². The van der Waals surface area contributed by atoms with Gasteiger partial charge >= 0.3 is 5.69 Å². The number of rotatable bonds is 9. The highest BCUT2D eigenvalue weighted by molar-refractivity contribution is 5.81. The molecule has 166 valence electrons. The molecule has 0 aliphatic heterocycles. The van der Waals surface area contributed by atoms with Crippen LogP contribution in [0, 0.1) is 17.0 Å².